The van der Waals surface area contributed by atoms with Crippen molar-refractivity contribution in [1.29, 1.82) is 0 Å². The van der Waals surface area contributed by atoms with E-state index in [1.54, 1.807) is 6.33 Å². The minimum Gasteiger partial charge on any atom is -0.485 e. The highest BCUT2D eigenvalue weighted by Crippen LogP contribution is 2.27. The van der Waals surface area contributed by atoms with Gasteiger partial charge in [0, 0.05) is 12.6 Å². The van der Waals surface area contributed by atoms with Crippen LogP contribution in [-0.2, 0) is 0 Å². The smallest absolute Gasteiger partial charge is 0.147 e. The van der Waals surface area contributed by atoms with Crippen LogP contribution in [0.4, 0.5) is 0 Å². The number of benzene rings is 1. The maximum absolute atomic E-state index is 5.97. The molecular weight excluding hydrogens is 202 g/mol. The fourth-order valence-electron chi connectivity index (χ4n) is 2.00. The van der Waals surface area contributed by atoms with Gasteiger partial charge in [-0.3, -0.25) is 0 Å². The van der Waals surface area contributed by atoms with Gasteiger partial charge in [-0.2, -0.15) is 0 Å². The van der Waals surface area contributed by atoms with E-state index in [1.165, 1.54) is 5.56 Å². The first-order valence-corrected chi connectivity index (χ1v) is 5.58. The number of H-pyrrole nitrogens is 1. The van der Waals surface area contributed by atoms with E-state index in [4.69, 9.17) is 4.74 Å². The summed E-state index contributed by atoms with van der Waals surface area (Å²) in [6, 6.07) is 4.56. The molecule has 3 rings (SSSR count). The Morgan fingerprint density at radius 3 is 3.00 bits per heavy atom. The molecule has 0 bridgehead atoms. The van der Waals surface area contributed by atoms with E-state index in [1.807, 2.05) is 6.07 Å². The zero-order valence-electron chi connectivity index (χ0n) is 9.45. The van der Waals surface area contributed by atoms with Crippen LogP contribution >= 0.6 is 0 Å². The largest absolute Gasteiger partial charge is 0.485 e. The van der Waals surface area contributed by atoms with E-state index in [9.17, 15) is 0 Å². The predicted molar refractivity (Wildman–Crippen MR) is 62.7 cm³/mol. The zero-order valence-corrected chi connectivity index (χ0v) is 9.45. The number of nitrogens with one attached hydrogen (secondary N) is 2. The number of fused-ring (bicyclic) bond motifs is 1. The molecule has 2 N–H and O–H groups in total. The van der Waals surface area contributed by atoms with Crippen molar-refractivity contribution in [2.45, 2.75) is 26.0 Å². The van der Waals surface area contributed by atoms with Crippen LogP contribution in [0.2, 0.25) is 0 Å². The topological polar surface area (TPSA) is 49.9 Å². The quantitative estimate of drug-likeness (QED) is 0.803. The molecule has 0 aliphatic carbocycles. The highest BCUT2D eigenvalue weighted by molar-refractivity contribution is 5.82. The Morgan fingerprint density at radius 2 is 2.31 bits per heavy atom. The van der Waals surface area contributed by atoms with E-state index in [0.717, 1.165) is 23.3 Å². The Bertz CT molecular complexity index is 520. The number of ether oxygens (including phenoxy) is 1. The van der Waals surface area contributed by atoms with Gasteiger partial charge in [-0.05, 0) is 31.5 Å². The van der Waals surface area contributed by atoms with Gasteiger partial charge in [0.2, 0.25) is 0 Å². The van der Waals surface area contributed by atoms with Crippen LogP contribution in [0.5, 0.6) is 5.75 Å². The van der Waals surface area contributed by atoms with E-state index >= 15 is 0 Å². The molecule has 0 saturated carbocycles. The molecule has 1 saturated heterocycles. The molecule has 4 heteroatoms. The third kappa shape index (κ3) is 1.46. The highest BCUT2D eigenvalue weighted by atomic mass is 16.5. The first-order valence-electron chi connectivity index (χ1n) is 5.58. The lowest BCUT2D eigenvalue weighted by Crippen LogP contribution is -2.58. The molecular formula is C12H15N3O. The highest BCUT2D eigenvalue weighted by Gasteiger charge is 2.28. The van der Waals surface area contributed by atoms with Gasteiger partial charge in [0.1, 0.15) is 17.4 Å². The molecule has 2 heterocycles. The fraction of sp³-hybridized carbons (Fsp3) is 0.417. The zero-order chi connectivity index (χ0) is 11.1. The van der Waals surface area contributed by atoms with Crippen LogP contribution in [-0.4, -0.2) is 28.7 Å². The summed E-state index contributed by atoms with van der Waals surface area (Å²) in [5.74, 6) is 0.884. The second-order valence-corrected chi connectivity index (χ2v) is 4.41. The Labute approximate surface area is 94.0 Å². The number of aromatic amines is 1. The maximum atomic E-state index is 5.97. The van der Waals surface area contributed by atoms with Gasteiger partial charge < -0.3 is 15.0 Å². The summed E-state index contributed by atoms with van der Waals surface area (Å²) in [5, 5.41) is 3.28. The van der Waals surface area contributed by atoms with Crippen molar-refractivity contribution in [2.24, 2.45) is 0 Å². The van der Waals surface area contributed by atoms with Crippen LogP contribution in [0.15, 0.2) is 18.5 Å². The van der Waals surface area contributed by atoms with Crippen LogP contribution in [0.3, 0.4) is 0 Å². The number of imidazole rings is 1. The summed E-state index contributed by atoms with van der Waals surface area (Å²) < 4.78 is 5.97. The first kappa shape index (κ1) is 9.66. The van der Waals surface area contributed by atoms with Gasteiger partial charge in [0.15, 0.2) is 0 Å². The van der Waals surface area contributed by atoms with Crippen molar-refractivity contribution in [3.05, 3.63) is 24.0 Å². The number of rotatable bonds is 2. The number of aromatic nitrogens is 2. The number of hydrogen-bond donors (Lipinski definition) is 2. The summed E-state index contributed by atoms with van der Waals surface area (Å²) in [5.41, 5.74) is 3.14. The van der Waals surface area contributed by atoms with E-state index in [2.05, 4.69) is 35.2 Å². The van der Waals surface area contributed by atoms with Crippen LogP contribution in [0.25, 0.3) is 11.0 Å². The summed E-state index contributed by atoms with van der Waals surface area (Å²) in [6.45, 7) is 5.11. The van der Waals surface area contributed by atoms with Crippen molar-refractivity contribution in [2.75, 3.05) is 6.54 Å². The first-order chi connectivity index (χ1) is 7.74. The average Bonchev–Trinajstić information content (AvgIpc) is 2.71. The predicted octanol–water partition coefficient (Wildman–Crippen LogP) is 1.61. The number of aryl methyl sites for hydroxylation is 1. The number of nitrogens with zero attached hydrogens (tertiary/aromatic N) is 1. The molecule has 2 unspecified atom stereocenters. The van der Waals surface area contributed by atoms with E-state index < -0.39 is 0 Å². The van der Waals surface area contributed by atoms with Gasteiger partial charge >= 0.3 is 0 Å². The molecule has 2 atom stereocenters. The van der Waals surface area contributed by atoms with Crippen molar-refractivity contribution in [3.8, 4) is 5.75 Å². The fourth-order valence-corrected chi connectivity index (χ4v) is 2.00. The number of hydrogen-bond acceptors (Lipinski definition) is 3. The van der Waals surface area contributed by atoms with Crippen molar-refractivity contribution < 1.29 is 4.74 Å². The van der Waals surface area contributed by atoms with Gasteiger partial charge in [0.25, 0.3) is 0 Å². The molecule has 0 spiro atoms. The van der Waals surface area contributed by atoms with Crippen molar-refractivity contribution in [1.82, 2.24) is 15.3 Å². The molecule has 1 aromatic carbocycles. The molecule has 4 nitrogen and oxygen atoms in total. The Hall–Kier alpha value is -1.55. The molecule has 0 radical (unpaired) electrons. The minimum absolute atomic E-state index is 0.265. The second kappa shape index (κ2) is 3.49. The van der Waals surface area contributed by atoms with Crippen LogP contribution < -0.4 is 10.1 Å². The molecule has 84 valence electrons. The SMILES string of the molecule is Cc1cc(OC2CNC2C)c2nc[nH]c2c1. The summed E-state index contributed by atoms with van der Waals surface area (Å²) in [7, 11) is 0. The van der Waals surface area contributed by atoms with Gasteiger partial charge in [-0.25, -0.2) is 4.98 Å². The Balaban J connectivity index is 1.98. The van der Waals surface area contributed by atoms with Crippen molar-refractivity contribution in [3.63, 3.8) is 0 Å². The standard InChI is InChI=1S/C12H15N3O/c1-7-3-9-12(15-6-14-9)10(4-7)16-11-5-13-8(11)2/h3-4,6,8,11,13H,5H2,1-2H3,(H,14,15). The molecule has 0 amide bonds. The van der Waals surface area contributed by atoms with Crippen LogP contribution in [0, 0.1) is 6.92 Å². The third-order valence-corrected chi connectivity index (χ3v) is 3.11. The second-order valence-electron chi connectivity index (χ2n) is 4.41. The summed E-state index contributed by atoms with van der Waals surface area (Å²) >= 11 is 0. The van der Waals surface area contributed by atoms with Gasteiger partial charge in [-0.15, -0.1) is 0 Å². The van der Waals surface area contributed by atoms with Gasteiger partial charge in [-0.1, -0.05) is 0 Å². The third-order valence-electron chi connectivity index (χ3n) is 3.11. The lowest BCUT2D eigenvalue weighted by Gasteiger charge is -2.35. The van der Waals surface area contributed by atoms with Crippen LogP contribution in [0.1, 0.15) is 12.5 Å². The molecule has 1 aromatic heterocycles. The monoisotopic (exact) mass is 217 g/mol. The normalized spacial score (nSPS) is 24.4. The van der Waals surface area contributed by atoms with E-state index in [0.29, 0.717) is 6.04 Å². The molecule has 1 aliphatic rings. The molecule has 2 aromatic rings. The molecule has 1 fully saturated rings. The van der Waals surface area contributed by atoms with Gasteiger partial charge in [0.05, 0.1) is 11.8 Å². The summed E-state index contributed by atoms with van der Waals surface area (Å²) in [4.78, 5) is 7.41. The summed E-state index contributed by atoms with van der Waals surface area (Å²) in [6.07, 6.45) is 1.97. The Morgan fingerprint density at radius 1 is 1.44 bits per heavy atom. The van der Waals surface area contributed by atoms with Crippen molar-refractivity contribution >= 4 is 11.0 Å². The Kier molecular flexibility index (Phi) is 2.11. The minimum atomic E-state index is 0.265. The maximum Gasteiger partial charge on any atom is 0.147 e. The average molecular weight is 217 g/mol. The molecule has 1 aliphatic heterocycles. The molecule has 16 heavy (non-hydrogen) atoms. The van der Waals surface area contributed by atoms with E-state index in [-0.39, 0.29) is 6.10 Å². The lowest BCUT2D eigenvalue weighted by molar-refractivity contribution is 0.0952. The lowest BCUT2D eigenvalue weighted by atomic mass is 10.1.